The molecule has 1 aromatic carbocycles. The van der Waals surface area contributed by atoms with Crippen LogP contribution in [0.5, 0.6) is 0 Å². The van der Waals surface area contributed by atoms with Gasteiger partial charge in [0.1, 0.15) is 0 Å². The smallest absolute Gasteiger partial charge is 0.00561 e. The summed E-state index contributed by atoms with van der Waals surface area (Å²) in [6, 6.07) is 10.7. The summed E-state index contributed by atoms with van der Waals surface area (Å²) in [5.74, 6) is 0.509. The SMILES string of the molecule is C1=C=CC(C2=CCC(c3ccccc3)C=C2)=CC=1. The van der Waals surface area contributed by atoms with E-state index in [-0.39, 0.29) is 0 Å². The van der Waals surface area contributed by atoms with Crippen LogP contribution in [-0.2, 0) is 0 Å². The fourth-order valence-electron chi connectivity index (χ4n) is 2.31. The van der Waals surface area contributed by atoms with Gasteiger partial charge in [0.15, 0.2) is 0 Å². The van der Waals surface area contributed by atoms with Crippen molar-refractivity contribution in [3.8, 4) is 0 Å². The number of hydrogen-bond donors (Lipinski definition) is 0. The molecule has 0 radical (unpaired) electrons. The Morgan fingerprint density at radius 3 is 2.56 bits per heavy atom. The van der Waals surface area contributed by atoms with Crippen LogP contribution in [0.2, 0.25) is 0 Å². The molecule has 0 N–H and O–H groups in total. The van der Waals surface area contributed by atoms with Crippen molar-refractivity contribution in [3.05, 3.63) is 95.0 Å². The van der Waals surface area contributed by atoms with E-state index >= 15 is 0 Å². The molecule has 0 bridgehead atoms. The maximum atomic E-state index is 3.00. The van der Waals surface area contributed by atoms with Crippen molar-refractivity contribution in [2.45, 2.75) is 12.3 Å². The molecule has 2 aliphatic rings. The molecule has 2 aliphatic carbocycles. The highest BCUT2D eigenvalue weighted by Gasteiger charge is 2.11. The molecule has 1 aromatic rings. The van der Waals surface area contributed by atoms with Crippen LogP contribution >= 0.6 is 0 Å². The largest absolute Gasteiger partial charge is 0.0761 e. The van der Waals surface area contributed by atoms with E-state index in [0.717, 1.165) is 6.42 Å². The number of hydrogen-bond acceptors (Lipinski definition) is 0. The van der Waals surface area contributed by atoms with Gasteiger partial charge in [-0.25, -0.2) is 0 Å². The van der Waals surface area contributed by atoms with Crippen molar-refractivity contribution in [1.29, 1.82) is 0 Å². The van der Waals surface area contributed by atoms with E-state index in [0.29, 0.717) is 5.92 Å². The second kappa shape index (κ2) is 4.94. The predicted octanol–water partition coefficient (Wildman–Crippen LogP) is 4.46. The lowest BCUT2D eigenvalue weighted by Gasteiger charge is -2.17. The minimum absolute atomic E-state index is 0.509. The summed E-state index contributed by atoms with van der Waals surface area (Å²) in [5, 5.41) is 0. The zero-order chi connectivity index (χ0) is 12.2. The summed E-state index contributed by atoms with van der Waals surface area (Å²) >= 11 is 0. The van der Waals surface area contributed by atoms with Crippen LogP contribution in [0.15, 0.2) is 89.4 Å². The molecule has 1 unspecified atom stereocenters. The Labute approximate surface area is 108 Å². The summed E-state index contributed by atoms with van der Waals surface area (Å²) in [6.45, 7) is 0. The van der Waals surface area contributed by atoms with Gasteiger partial charge in [0.05, 0.1) is 0 Å². The second-order valence-electron chi connectivity index (χ2n) is 4.49. The van der Waals surface area contributed by atoms with Crippen molar-refractivity contribution in [2.24, 2.45) is 0 Å². The molecule has 0 amide bonds. The van der Waals surface area contributed by atoms with Gasteiger partial charge < -0.3 is 0 Å². The normalized spacial score (nSPS) is 20.8. The molecule has 0 fully saturated rings. The Morgan fingerprint density at radius 1 is 1.00 bits per heavy atom. The summed E-state index contributed by atoms with van der Waals surface area (Å²) in [7, 11) is 0. The highest BCUT2D eigenvalue weighted by atomic mass is 14.2. The van der Waals surface area contributed by atoms with Gasteiger partial charge in [0.2, 0.25) is 0 Å². The molecule has 0 nitrogen and oxygen atoms in total. The lowest BCUT2D eigenvalue weighted by atomic mass is 9.88. The molecular weight excluding hydrogens is 216 g/mol. The zero-order valence-corrected chi connectivity index (χ0v) is 10.1. The van der Waals surface area contributed by atoms with E-state index in [1.165, 1.54) is 16.7 Å². The molecule has 0 aliphatic heterocycles. The maximum absolute atomic E-state index is 3.00. The topological polar surface area (TPSA) is 0 Å². The average molecular weight is 230 g/mol. The number of rotatable bonds is 2. The molecule has 18 heavy (non-hydrogen) atoms. The molecule has 0 saturated heterocycles. The highest BCUT2D eigenvalue weighted by Crippen LogP contribution is 2.29. The van der Waals surface area contributed by atoms with Crippen molar-refractivity contribution in [2.75, 3.05) is 0 Å². The van der Waals surface area contributed by atoms with Crippen molar-refractivity contribution in [1.82, 2.24) is 0 Å². The van der Waals surface area contributed by atoms with Crippen LogP contribution in [0, 0.1) is 0 Å². The lowest BCUT2D eigenvalue weighted by Crippen LogP contribution is -1.99. The minimum atomic E-state index is 0.509. The van der Waals surface area contributed by atoms with Gasteiger partial charge in [0.25, 0.3) is 0 Å². The first-order valence-corrected chi connectivity index (χ1v) is 6.25. The molecule has 1 atom stereocenters. The first-order valence-electron chi connectivity index (χ1n) is 6.25. The zero-order valence-electron chi connectivity index (χ0n) is 10.1. The average Bonchev–Trinajstić information content (AvgIpc) is 2.49. The van der Waals surface area contributed by atoms with Crippen molar-refractivity contribution in [3.63, 3.8) is 0 Å². The standard InChI is InChI=1S/C18H14/c1-3-7-15(8-4-1)17-11-13-18(14-12-17)16-9-5-2-6-10-16/h1,3-5,7-11,13-14,17H,12H2. The maximum Gasteiger partial charge on any atom is 0.00561 e. The van der Waals surface area contributed by atoms with Gasteiger partial charge in [-0.2, -0.15) is 0 Å². The van der Waals surface area contributed by atoms with Gasteiger partial charge >= 0.3 is 0 Å². The first-order chi connectivity index (χ1) is 8.93. The second-order valence-corrected chi connectivity index (χ2v) is 4.49. The third kappa shape index (κ3) is 2.21. The monoisotopic (exact) mass is 230 g/mol. The number of benzene rings is 1. The molecule has 0 heteroatoms. The summed E-state index contributed by atoms with van der Waals surface area (Å²) in [5.41, 5.74) is 9.82. The van der Waals surface area contributed by atoms with Gasteiger partial charge in [-0.05, 0) is 41.4 Å². The van der Waals surface area contributed by atoms with E-state index in [9.17, 15) is 0 Å². The summed E-state index contributed by atoms with van der Waals surface area (Å²) < 4.78 is 0. The van der Waals surface area contributed by atoms with E-state index in [4.69, 9.17) is 0 Å². The van der Waals surface area contributed by atoms with Crippen LogP contribution in [0.25, 0.3) is 0 Å². The minimum Gasteiger partial charge on any atom is -0.0761 e. The quantitative estimate of drug-likeness (QED) is 0.658. The Bertz CT molecular complexity index is 626. The summed E-state index contributed by atoms with van der Waals surface area (Å²) in [6.07, 6.45) is 13.9. The van der Waals surface area contributed by atoms with Gasteiger partial charge in [-0.1, -0.05) is 60.0 Å². The van der Waals surface area contributed by atoms with Crippen LogP contribution in [0.3, 0.4) is 0 Å². The van der Waals surface area contributed by atoms with Crippen LogP contribution in [-0.4, -0.2) is 0 Å². The summed E-state index contributed by atoms with van der Waals surface area (Å²) in [4.78, 5) is 0. The van der Waals surface area contributed by atoms with E-state index in [1.54, 1.807) is 0 Å². The Morgan fingerprint density at radius 2 is 1.89 bits per heavy atom. The number of allylic oxidation sites excluding steroid dienone is 8. The lowest BCUT2D eigenvalue weighted by molar-refractivity contribution is 0.847. The van der Waals surface area contributed by atoms with E-state index < -0.39 is 0 Å². The van der Waals surface area contributed by atoms with Crippen molar-refractivity contribution >= 4 is 0 Å². The van der Waals surface area contributed by atoms with Crippen LogP contribution in [0.1, 0.15) is 17.9 Å². The first kappa shape index (κ1) is 10.9. The molecule has 0 saturated carbocycles. The van der Waals surface area contributed by atoms with Crippen LogP contribution in [0.4, 0.5) is 0 Å². The predicted molar refractivity (Wildman–Crippen MR) is 75.3 cm³/mol. The molecule has 0 heterocycles. The highest BCUT2D eigenvalue weighted by molar-refractivity contribution is 5.51. The van der Waals surface area contributed by atoms with Gasteiger partial charge in [0, 0.05) is 5.92 Å². The Hall–Kier alpha value is -2.26. The van der Waals surface area contributed by atoms with E-state index in [1.807, 2.05) is 12.2 Å². The van der Waals surface area contributed by atoms with Gasteiger partial charge in [-0.3, -0.25) is 0 Å². The Balaban J connectivity index is 1.77. The Kier molecular flexibility index (Phi) is 2.98. The molecule has 3 rings (SSSR count). The molecule has 0 aromatic heterocycles. The molecule has 0 spiro atoms. The van der Waals surface area contributed by atoms with Crippen LogP contribution < -0.4 is 0 Å². The van der Waals surface area contributed by atoms with E-state index in [2.05, 4.69) is 66.1 Å². The third-order valence-corrected chi connectivity index (χ3v) is 3.32. The third-order valence-electron chi connectivity index (χ3n) is 3.32. The molecular formula is C18H14. The fraction of sp³-hybridized carbons (Fsp3) is 0.111. The van der Waals surface area contributed by atoms with Crippen molar-refractivity contribution < 1.29 is 0 Å². The van der Waals surface area contributed by atoms with Gasteiger partial charge in [-0.15, -0.1) is 0 Å². The molecule has 86 valence electrons. The fourth-order valence-corrected chi connectivity index (χ4v) is 2.31.